The number of hydrogen-bond acceptors (Lipinski definition) is 4. The van der Waals surface area contributed by atoms with Gasteiger partial charge in [-0.25, -0.2) is 0 Å². The number of hydrogen-bond donors (Lipinski definition) is 0. The Morgan fingerprint density at radius 3 is 1.38 bits per heavy atom. The molecule has 0 atom stereocenters. The molecule has 0 saturated heterocycles. The topological polar surface area (TPSA) is 52.6 Å². The van der Waals surface area contributed by atoms with Crippen LogP contribution >= 0.6 is 0 Å². The molecule has 70 valence electrons. The first-order valence-corrected chi connectivity index (χ1v) is 5.75. The van der Waals surface area contributed by atoms with Crippen molar-refractivity contribution in [1.82, 2.24) is 0 Å². The molecule has 0 aliphatic heterocycles. The number of carbonyl (C=O) groups excluding carboxylic acids is 2. The molecule has 0 bridgehead atoms. The summed E-state index contributed by atoms with van der Waals surface area (Å²) < 4.78 is 9.31. The first-order chi connectivity index (χ1) is 4.83. The fraction of sp³-hybridized carbons (Fsp3) is 0.333. The van der Waals surface area contributed by atoms with Crippen LogP contribution in [-0.2, 0) is 83.9 Å². The van der Waals surface area contributed by atoms with Crippen LogP contribution in [0, 0.1) is 13.8 Å². The maximum atomic E-state index is 10.3. The molecule has 0 aromatic rings. The Hall–Kier alpha value is 1.10. The molecule has 0 fully saturated rings. The Morgan fingerprint density at radius 1 is 1.00 bits per heavy atom. The fourth-order valence-corrected chi connectivity index (χ4v) is 1.71. The Balaban J connectivity index is -0.000000500. The molecule has 2 radical (unpaired) electrons. The summed E-state index contributed by atoms with van der Waals surface area (Å²) in [4.78, 5) is 20.7. The number of rotatable bonds is 2. The molecule has 13 heavy (non-hydrogen) atoms. The molecule has 0 amide bonds. The summed E-state index contributed by atoms with van der Waals surface area (Å²) in [5.41, 5.74) is 0. The van der Waals surface area contributed by atoms with E-state index in [1.807, 2.05) is 0 Å². The summed E-state index contributed by atoms with van der Waals surface area (Å²) in [5.74, 6) is -1.38. The third-order valence-electron chi connectivity index (χ3n) is 0.719. The summed E-state index contributed by atoms with van der Waals surface area (Å²) in [5, 5.41) is 0. The van der Waals surface area contributed by atoms with Gasteiger partial charge in [-0.15, -0.1) is 0 Å². The summed E-state index contributed by atoms with van der Waals surface area (Å²) in [7, 11) is -2.65. The van der Waals surface area contributed by atoms with E-state index in [2.05, 4.69) is 22.7 Å². The molecule has 7 heteroatoms. The van der Waals surface area contributed by atoms with Crippen molar-refractivity contribution in [1.29, 1.82) is 0 Å². The summed E-state index contributed by atoms with van der Waals surface area (Å²) in [6.07, 6.45) is 0. The second-order valence-corrected chi connectivity index (χ2v) is 5.56. The second kappa shape index (κ2) is 8.42. The molecule has 0 unspecified atom stereocenters. The number of carbonyl (C=O) groups is 2. The Kier molecular flexibility index (Phi) is 12.7. The van der Waals surface area contributed by atoms with Gasteiger partial charge in [0.25, 0.3) is 0 Å². The van der Waals surface area contributed by atoms with Crippen LogP contribution in [0.15, 0.2) is 0 Å². The van der Waals surface area contributed by atoms with E-state index in [1.54, 1.807) is 13.1 Å². The predicted octanol–water partition coefficient (Wildman–Crippen LogP) is 0.438. The van der Waals surface area contributed by atoms with Gasteiger partial charge >= 0.3 is 8.56 Å². The van der Waals surface area contributed by atoms with Crippen LogP contribution in [0.5, 0.6) is 0 Å². The quantitative estimate of drug-likeness (QED) is 0.535. The molecule has 0 rings (SSSR count). The maximum absolute atomic E-state index is 10.3. The van der Waals surface area contributed by atoms with Crippen LogP contribution in [0.25, 0.3) is 0 Å². The minimum absolute atomic E-state index is 0. The van der Waals surface area contributed by atoms with E-state index in [1.165, 1.54) is 0 Å². The minimum Gasteiger partial charge on any atom is -0.508 e. The molecular weight excluding hydrogens is 342 g/mol. The average molecular weight is 352 g/mol. The van der Waals surface area contributed by atoms with Gasteiger partial charge in [-0.05, 0) is 0 Å². The van der Waals surface area contributed by atoms with Crippen molar-refractivity contribution >= 4 is 20.5 Å². The van der Waals surface area contributed by atoms with Gasteiger partial charge in [0.1, 0.15) is 0 Å². The van der Waals surface area contributed by atoms with Crippen LogP contribution in [0.3, 0.4) is 0 Å². The van der Waals surface area contributed by atoms with Gasteiger partial charge in [0, 0.05) is 78.5 Å². The van der Waals surface area contributed by atoms with Crippen LogP contribution < -0.4 is 0 Å². The van der Waals surface area contributed by atoms with Gasteiger partial charge in [-0.1, -0.05) is 0 Å². The van der Waals surface area contributed by atoms with Crippen molar-refractivity contribution in [3.05, 3.63) is 13.8 Å². The van der Waals surface area contributed by atoms with Crippen LogP contribution in [0.2, 0.25) is 13.1 Å². The van der Waals surface area contributed by atoms with E-state index in [0.29, 0.717) is 0 Å². The van der Waals surface area contributed by atoms with E-state index in [-0.39, 0.29) is 65.4 Å². The van der Waals surface area contributed by atoms with E-state index in [0.717, 1.165) is 0 Å². The Labute approximate surface area is 130 Å². The largest absolute Gasteiger partial charge is 0.508 e. The van der Waals surface area contributed by atoms with Crippen molar-refractivity contribution in [2.75, 3.05) is 0 Å². The molecule has 0 aliphatic rings. The predicted molar refractivity (Wildman–Crippen MR) is 40.4 cm³/mol. The third-order valence-corrected chi connectivity index (χ3v) is 2.16. The van der Waals surface area contributed by atoms with Crippen LogP contribution in [-0.4, -0.2) is 20.5 Å². The van der Waals surface area contributed by atoms with Crippen molar-refractivity contribution in [3.8, 4) is 0 Å². The van der Waals surface area contributed by atoms with Crippen molar-refractivity contribution < 1.29 is 83.9 Å². The van der Waals surface area contributed by atoms with E-state index in [9.17, 15) is 9.59 Å². The van der Waals surface area contributed by atoms with Gasteiger partial charge in [-0.3, -0.25) is 9.59 Å². The summed E-state index contributed by atoms with van der Waals surface area (Å²) in [6.45, 7) is 9.10. The normalized spacial score (nSPS) is 8.77. The Morgan fingerprint density at radius 2 is 1.23 bits per heavy atom. The van der Waals surface area contributed by atoms with Gasteiger partial charge in [-0.2, -0.15) is 0 Å². The minimum atomic E-state index is -2.65. The zero-order valence-electron chi connectivity index (χ0n) is 7.70. The second-order valence-electron chi connectivity index (χ2n) is 2.35. The molecule has 0 aromatic carbocycles. The van der Waals surface area contributed by atoms with Crippen molar-refractivity contribution in [2.24, 2.45) is 0 Å². The molecule has 4 nitrogen and oxygen atoms in total. The zero-order chi connectivity index (χ0) is 9.07. The van der Waals surface area contributed by atoms with Crippen LogP contribution in [0.4, 0.5) is 0 Å². The summed E-state index contributed by atoms with van der Waals surface area (Å²) >= 11 is 0. The van der Waals surface area contributed by atoms with Gasteiger partial charge in [0.15, 0.2) is 11.9 Å². The molecule has 0 heterocycles. The standard InChI is InChI=1S/C6H10O4Si.2Y/c1-5(7)9-11(3,4)10-6(2)8;;/h1-2H2,3-4H3;;/q-2;;. The van der Waals surface area contributed by atoms with Crippen molar-refractivity contribution in [2.45, 2.75) is 13.1 Å². The van der Waals surface area contributed by atoms with E-state index >= 15 is 0 Å². The third kappa shape index (κ3) is 13.1. The SMILES string of the molecule is [CH2-]C(=O)O[Si](C)(C)OC([CH2-])=O.[Y].[Y]. The fourth-order valence-electron chi connectivity index (χ4n) is 0.569. The van der Waals surface area contributed by atoms with E-state index in [4.69, 9.17) is 0 Å². The first kappa shape index (κ1) is 19.6. The van der Waals surface area contributed by atoms with E-state index < -0.39 is 20.5 Å². The summed E-state index contributed by atoms with van der Waals surface area (Å²) in [6, 6.07) is 0. The molecule has 0 aliphatic carbocycles. The molecule has 0 aromatic heterocycles. The van der Waals surface area contributed by atoms with Crippen molar-refractivity contribution in [3.63, 3.8) is 0 Å². The monoisotopic (exact) mass is 352 g/mol. The maximum Gasteiger partial charge on any atom is 0.454 e. The van der Waals surface area contributed by atoms with Gasteiger partial charge in [0.05, 0.1) is 0 Å². The molecule has 0 saturated carbocycles. The smallest absolute Gasteiger partial charge is 0.454 e. The first-order valence-electron chi connectivity index (χ1n) is 2.93. The molecular formula is C6H10O4SiY2-2. The van der Waals surface area contributed by atoms with Gasteiger partial charge < -0.3 is 22.7 Å². The Bertz CT molecular complexity index is 165. The van der Waals surface area contributed by atoms with Crippen LogP contribution in [0.1, 0.15) is 0 Å². The van der Waals surface area contributed by atoms with Gasteiger partial charge in [0.2, 0.25) is 0 Å². The molecule has 0 spiro atoms. The zero-order valence-corrected chi connectivity index (χ0v) is 14.4. The average Bonchev–Trinajstić information content (AvgIpc) is 1.53. The molecule has 0 N–H and O–H groups in total.